The summed E-state index contributed by atoms with van der Waals surface area (Å²) in [5.74, 6) is -0.594. The average molecular weight is 383 g/mol. The molecule has 0 spiro atoms. The second-order valence-electron chi connectivity index (χ2n) is 6.58. The molecule has 4 N–H and O–H groups in total. The Bertz CT molecular complexity index is 851. The molecule has 0 aliphatic heterocycles. The molecule has 7 nitrogen and oxygen atoms in total. The van der Waals surface area contributed by atoms with Crippen molar-refractivity contribution in [1.29, 1.82) is 0 Å². The zero-order valence-corrected chi connectivity index (χ0v) is 16.5. The zero-order chi connectivity index (χ0) is 20.5. The maximum absolute atomic E-state index is 12.3. The van der Waals surface area contributed by atoms with Crippen molar-refractivity contribution < 1.29 is 19.3 Å². The quantitative estimate of drug-likeness (QED) is 0.541. The molecule has 0 aliphatic carbocycles. The van der Waals surface area contributed by atoms with Gasteiger partial charge in [-0.1, -0.05) is 31.2 Å². The molecule has 28 heavy (non-hydrogen) atoms. The number of carbonyl (C=O) groups is 3. The number of hydrogen-bond acceptors (Lipinski definition) is 3. The molecular weight excluding hydrogens is 356 g/mol. The van der Waals surface area contributed by atoms with Gasteiger partial charge in [-0.25, -0.2) is 0 Å². The van der Waals surface area contributed by atoms with E-state index >= 15 is 0 Å². The molecular formula is C21H27N4O3+. The molecule has 1 atom stereocenters. The Morgan fingerprint density at radius 2 is 1.61 bits per heavy atom. The Morgan fingerprint density at radius 1 is 0.929 bits per heavy atom. The maximum Gasteiger partial charge on any atom is 0.279 e. The highest BCUT2D eigenvalue weighted by molar-refractivity contribution is 5.97. The topological polar surface area (TPSA) is 91.7 Å². The van der Waals surface area contributed by atoms with Crippen LogP contribution in [0.25, 0.3) is 0 Å². The lowest BCUT2D eigenvalue weighted by Gasteiger charge is -2.15. The van der Waals surface area contributed by atoms with Gasteiger partial charge in [-0.3, -0.25) is 14.4 Å². The zero-order valence-electron chi connectivity index (χ0n) is 16.5. The number of carbonyl (C=O) groups excluding carboxylic acids is 3. The molecule has 0 fully saturated rings. The van der Waals surface area contributed by atoms with E-state index in [0.29, 0.717) is 11.3 Å². The molecule has 0 saturated heterocycles. The molecule has 148 valence electrons. The third-order valence-electron chi connectivity index (χ3n) is 4.23. The Labute approximate surface area is 165 Å². The van der Waals surface area contributed by atoms with Gasteiger partial charge >= 0.3 is 0 Å². The average Bonchev–Trinajstić information content (AvgIpc) is 2.67. The molecule has 0 heterocycles. The van der Waals surface area contributed by atoms with Crippen LogP contribution in [0.15, 0.2) is 48.5 Å². The minimum atomic E-state index is -0.228. The van der Waals surface area contributed by atoms with E-state index in [1.54, 1.807) is 38.4 Å². The predicted molar refractivity (Wildman–Crippen MR) is 110 cm³/mol. The van der Waals surface area contributed by atoms with E-state index in [1.165, 1.54) is 0 Å². The van der Waals surface area contributed by atoms with Gasteiger partial charge in [0, 0.05) is 24.0 Å². The fourth-order valence-electron chi connectivity index (χ4n) is 2.84. The van der Waals surface area contributed by atoms with Crippen molar-refractivity contribution in [2.24, 2.45) is 0 Å². The molecule has 2 aromatic rings. The first-order chi connectivity index (χ1) is 13.4. The van der Waals surface area contributed by atoms with Crippen LogP contribution in [0.2, 0.25) is 0 Å². The second-order valence-corrected chi connectivity index (χ2v) is 6.58. The fraction of sp³-hybridized carbons (Fsp3) is 0.286. The molecule has 1 unspecified atom stereocenters. The smallest absolute Gasteiger partial charge is 0.279 e. The van der Waals surface area contributed by atoms with Gasteiger partial charge in [-0.05, 0) is 36.2 Å². The summed E-state index contributed by atoms with van der Waals surface area (Å²) < 4.78 is 0. The van der Waals surface area contributed by atoms with Gasteiger partial charge in [-0.2, -0.15) is 0 Å². The van der Waals surface area contributed by atoms with Gasteiger partial charge in [0.1, 0.15) is 0 Å². The maximum atomic E-state index is 12.3. The number of benzene rings is 2. The van der Waals surface area contributed by atoms with E-state index in [0.717, 1.165) is 22.6 Å². The van der Waals surface area contributed by atoms with Crippen LogP contribution in [-0.2, 0) is 16.0 Å². The largest absolute Gasteiger partial charge is 0.355 e. The summed E-state index contributed by atoms with van der Waals surface area (Å²) in [7, 11) is 3.34. The lowest BCUT2D eigenvalue weighted by Crippen LogP contribution is -3.11. The molecule has 0 aromatic heterocycles. The van der Waals surface area contributed by atoms with Crippen molar-refractivity contribution in [2.75, 3.05) is 37.8 Å². The predicted octanol–water partition coefficient (Wildman–Crippen LogP) is 0.701. The van der Waals surface area contributed by atoms with Crippen molar-refractivity contribution in [2.45, 2.75) is 13.3 Å². The number of quaternary nitrogens is 1. The van der Waals surface area contributed by atoms with E-state index in [1.807, 2.05) is 31.2 Å². The minimum absolute atomic E-state index is 0.132. The highest BCUT2D eigenvalue weighted by Crippen LogP contribution is 2.14. The Morgan fingerprint density at radius 3 is 2.29 bits per heavy atom. The van der Waals surface area contributed by atoms with E-state index < -0.39 is 0 Å². The minimum Gasteiger partial charge on any atom is -0.355 e. The van der Waals surface area contributed by atoms with Crippen LogP contribution in [0.5, 0.6) is 0 Å². The number of amides is 3. The van der Waals surface area contributed by atoms with Crippen molar-refractivity contribution in [1.82, 2.24) is 5.32 Å². The van der Waals surface area contributed by atoms with Crippen LogP contribution in [0, 0.1) is 0 Å². The summed E-state index contributed by atoms with van der Waals surface area (Å²) in [4.78, 5) is 37.0. The Balaban J connectivity index is 1.87. The molecule has 0 bridgehead atoms. The highest BCUT2D eigenvalue weighted by Gasteiger charge is 2.15. The highest BCUT2D eigenvalue weighted by atomic mass is 16.2. The second kappa shape index (κ2) is 10.2. The first-order valence-electron chi connectivity index (χ1n) is 9.24. The Kier molecular flexibility index (Phi) is 7.71. The molecule has 0 aliphatic rings. The lowest BCUT2D eigenvalue weighted by atomic mass is 10.1. The molecule has 0 saturated carbocycles. The summed E-state index contributed by atoms with van der Waals surface area (Å²) >= 11 is 0. The number of anilines is 2. The van der Waals surface area contributed by atoms with E-state index in [-0.39, 0.29) is 30.8 Å². The number of aryl methyl sites for hydroxylation is 1. The standard InChI is InChI=1S/C21H26N4O3/c1-4-15-8-5-6-11-18(15)24-20(27)14-25(3)13-19(26)23-17-10-7-9-16(12-17)21(28)22-2/h5-12H,4,13-14H2,1-3H3,(H,22,28)(H,23,26)(H,24,27)/p+1. The van der Waals surface area contributed by atoms with Crippen LogP contribution in [0.4, 0.5) is 11.4 Å². The van der Waals surface area contributed by atoms with Gasteiger partial charge in [-0.15, -0.1) is 0 Å². The van der Waals surface area contributed by atoms with E-state index in [4.69, 9.17) is 0 Å². The number of rotatable bonds is 8. The van der Waals surface area contributed by atoms with Gasteiger partial charge in [0.15, 0.2) is 13.1 Å². The molecule has 2 aromatic carbocycles. The number of likely N-dealkylation sites (N-methyl/N-ethyl adjacent to an activating group) is 1. The third kappa shape index (κ3) is 6.21. The first kappa shape index (κ1) is 21.1. The molecule has 7 heteroatoms. The summed E-state index contributed by atoms with van der Waals surface area (Å²) in [5, 5.41) is 8.21. The number of para-hydroxylation sites is 1. The van der Waals surface area contributed by atoms with Crippen molar-refractivity contribution in [3.63, 3.8) is 0 Å². The van der Waals surface area contributed by atoms with Gasteiger partial charge in [0.25, 0.3) is 17.7 Å². The third-order valence-corrected chi connectivity index (χ3v) is 4.23. The van der Waals surface area contributed by atoms with Crippen LogP contribution < -0.4 is 20.9 Å². The van der Waals surface area contributed by atoms with Gasteiger partial charge in [0.05, 0.1) is 7.05 Å². The van der Waals surface area contributed by atoms with E-state index in [9.17, 15) is 14.4 Å². The summed E-state index contributed by atoms with van der Waals surface area (Å²) in [5.41, 5.74) is 2.88. The molecule has 3 amide bonds. The first-order valence-corrected chi connectivity index (χ1v) is 9.24. The number of hydrogen-bond donors (Lipinski definition) is 4. The molecule has 2 rings (SSSR count). The van der Waals surface area contributed by atoms with Crippen molar-refractivity contribution in [3.8, 4) is 0 Å². The summed E-state index contributed by atoms with van der Waals surface area (Å²) in [6.07, 6.45) is 0.830. The monoisotopic (exact) mass is 383 g/mol. The Hall–Kier alpha value is -3.19. The van der Waals surface area contributed by atoms with Gasteiger partial charge < -0.3 is 20.9 Å². The van der Waals surface area contributed by atoms with Crippen LogP contribution in [0.1, 0.15) is 22.8 Å². The van der Waals surface area contributed by atoms with Crippen LogP contribution >= 0.6 is 0 Å². The van der Waals surface area contributed by atoms with Gasteiger partial charge in [0.2, 0.25) is 0 Å². The lowest BCUT2D eigenvalue weighted by molar-refractivity contribution is -0.862. The van der Waals surface area contributed by atoms with Crippen LogP contribution in [-0.4, -0.2) is 44.9 Å². The summed E-state index contributed by atoms with van der Waals surface area (Å²) in [6.45, 7) is 2.34. The van der Waals surface area contributed by atoms with Crippen molar-refractivity contribution >= 4 is 29.1 Å². The van der Waals surface area contributed by atoms with E-state index in [2.05, 4.69) is 16.0 Å². The van der Waals surface area contributed by atoms with Crippen LogP contribution in [0.3, 0.4) is 0 Å². The number of nitrogens with one attached hydrogen (secondary N) is 4. The fourth-order valence-corrected chi connectivity index (χ4v) is 2.84. The van der Waals surface area contributed by atoms with Crippen molar-refractivity contribution in [3.05, 3.63) is 59.7 Å². The molecule has 0 radical (unpaired) electrons. The summed E-state index contributed by atoms with van der Waals surface area (Å²) in [6, 6.07) is 14.4. The normalized spacial score (nSPS) is 11.4. The SMILES string of the molecule is CCc1ccccc1NC(=O)C[NH+](C)CC(=O)Nc1cccc(C(=O)NC)c1.